The van der Waals surface area contributed by atoms with Gasteiger partial charge < -0.3 is 4.74 Å². The van der Waals surface area contributed by atoms with E-state index in [1.54, 1.807) is 0 Å². The molecule has 0 amide bonds. The summed E-state index contributed by atoms with van der Waals surface area (Å²) in [6.45, 7) is 3.62. The highest BCUT2D eigenvalue weighted by molar-refractivity contribution is 5.84. The largest absolute Gasteiger partial charge is 0.573 e. The predicted octanol–water partition coefficient (Wildman–Crippen LogP) is 3.58. The maximum absolute atomic E-state index is 12.3. The van der Waals surface area contributed by atoms with E-state index in [0.717, 1.165) is 0 Å². The van der Waals surface area contributed by atoms with Gasteiger partial charge in [0, 0.05) is 10.9 Å². The summed E-state index contributed by atoms with van der Waals surface area (Å²) < 4.78 is 40.8. The van der Waals surface area contributed by atoms with Crippen LogP contribution in [-0.2, 0) is 0 Å². The van der Waals surface area contributed by atoms with Crippen molar-refractivity contribution in [1.29, 1.82) is 0 Å². The van der Waals surface area contributed by atoms with Crippen LogP contribution in [0.2, 0.25) is 0 Å². The standard InChI is InChI=1S/C11H11F3N2O/c1-6(2)10-7-5-15-16-8(7)3-4-9(10)17-11(12,13)14/h3-6H,1-2H3,(H,15,16). The Balaban J connectivity index is 2.58. The SMILES string of the molecule is CC(C)c1c(OC(F)(F)F)ccc2[nH]ncc12. The highest BCUT2D eigenvalue weighted by Gasteiger charge is 2.32. The van der Waals surface area contributed by atoms with E-state index in [1.165, 1.54) is 18.3 Å². The Morgan fingerprint density at radius 2 is 2.00 bits per heavy atom. The van der Waals surface area contributed by atoms with Crippen LogP contribution in [0.4, 0.5) is 13.2 Å². The van der Waals surface area contributed by atoms with Gasteiger partial charge in [0.15, 0.2) is 0 Å². The highest BCUT2D eigenvalue weighted by atomic mass is 19.4. The molecule has 0 unspecified atom stereocenters. The molecule has 1 N–H and O–H groups in total. The Bertz CT molecular complexity index is 531. The number of ether oxygens (including phenoxy) is 1. The number of H-pyrrole nitrogens is 1. The second kappa shape index (κ2) is 3.94. The highest BCUT2D eigenvalue weighted by Crippen LogP contribution is 2.35. The molecule has 17 heavy (non-hydrogen) atoms. The average Bonchev–Trinajstić information content (AvgIpc) is 2.61. The monoisotopic (exact) mass is 244 g/mol. The Morgan fingerprint density at radius 1 is 1.29 bits per heavy atom. The summed E-state index contributed by atoms with van der Waals surface area (Å²) in [7, 11) is 0. The number of rotatable bonds is 2. The molecule has 2 rings (SSSR count). The van der Waals surface area contributed by atoms with Crippen molar-refractivity contribution in [3.63, 3.8) is 0 Å². The van der Waals surface area contributed by atoms with Gasteiger partial charge in [0.1, 0.15) is 5.75 Å². The van der Waals surface area contributed by atoms with Crippen molar-refractivity contribution in [2.24, 2.45) is 0 Å². The van der Waals surface area contributed by atoms with Gasteiger partial charge in [-0.1, -0.05) is 13.8 Å². The number of nitrogens with one attached hydrogen (secondary N) is 1. The zero-order valence-corrected chi connectivity index (χ0v) is 9.30. The van der Waals surface area contributed by atoms with Gasteiger partial charge in [0.05, 0.1) is 11.7 Å². The first kappa shape index (κ1) is 11.8. The number of aromatic amines is 1. The van der Waals surface area contributed by atoms with E-state index in [-0.39, 0.29) is 11.7 Å². The molecular formula is C11H11F3N2O. The lowest BCUT2D eigenvalue weighted by Crippen LogP contribution is -2.18. The average molecular weight is 244 g/mol. The smallest absolute Gasteiger partial charge is 0.405 e. The Labute approximate surface area is 95.6 Å². The molecule has 0 radical (unpaired) electrons. The van der Waals surface area contributed by atoms with Gasteiger partial charge in [-0.2, -0.15) is 5.10 Å². The fourth-order valence-corrected chi connectivity index (χ4v) is 1.83. The minimum absolute atomic E-state index is 0.0892. The van der Waals surface area contributed by atoms with Crippen LogP contribution in [0.5, 0.6) is 5.75 Å². The second-order valence-electron chi connectivity index (χ2n) is 4.01. The van der Waals surface area contributed by atoms with Crippen LogP contribution in [0.1, 0.15) is 25.3 Å². The first-order chi connectivity index (χ1) is 7.88. The molecule has 0 spiro atoms. The van der Waals surface area contributed by atoms with Crippen molar-refractivity contribution in [3.05, 3.63) is 23.9 Å². The maximum atomic E-state index is 12.3. The molecule has 3 nitrogen and oxygen atoms in total. The first-order valence-electron chi connectivity index (χ1n) is 5.10. The molecule has 0 fully saturated rings. The summed E-state index contributed by atoms with van der Waals surface area (Å²) >= 11 is 0. The lowest BCUT2D eigenvalue weighted by atomic mass is 9.98. The molecule has 1 aromatic heterocycles. The number of alkyl halides is 3. The van der Waals surface area contributed by atoms with Crippen LogP contribution in [0.25, 0.3) is 10.9 Å². The fraction of sp³-hybridized carbons (Fsp3) is 0.364. The number of halogens is 3. The van der Waals surface area contributed by atoms with Crippen molar-refractivity contribution in [3.8, 4) is 5.75 Å². The lowest BCUT2D eigenvalue weighted by Gasteiger charge is -2.16. The molecule has 1 heterocycles. The Morgan fingerprint density at radius 3 is 2.59 bits per heavy atom. The van der Waals surface area contributed by atoms with E-state index in [2.05, 4.69) is 14.9 Å². The molecule has 0 bridgehead atoms. The third-order valence-electron chi connectivity index (χ3n) is 2.43. The Kier molecular flexibility index (Phi) is 2.73. The van der Waals surface area contributed by atoms with Crippen molar-refractivity contribution in [2.75, 3.05) is 0 Å². The molecule has 2 aromatic rings. The van der Waals surface area contributed by atoms with Gasteiger partial charge in [-0.15, -0.1) is 13.2 Å². The topological polar surface area (TPSA) is 37.9 Å². The number of hydrogen-bond donors (Lipinski definition) is 1. The second-order valence-corrected chi connectivity index (χ2v) is 4.01. The Hall–Kier alpha value is -1.72. The lowest BCUT2D eigenvalue weighted by molar-refractivity contribution is -0.274. The number of benzene rings is 1. The number of hydrogen-bond acceptors (Lipinski definition) is 2. The van der Waals surface area contributed by atoms with Gasteiger partial charge in [0.2, 0.25) is 0 Å². The van der Waals surface area contributed by atoms with Crippen molar-refractivity contribution >= 4 is 10.9 Å². The summed E-state index contributed by atoms with van der Waals surface area (Å²) in [6, 6.07) is 2.83. The van der Waals surface area contributed by atoms with Crippen LogP contribution in [-0.4, -0.2) is 16.6 Å². The molecule has 6 heteroatoms. The normalized spacial score (nSPS) is 12.4. The summed E-state index contributed by atoms with van der Waals surface area (Å²) in [6.07, 6.45) is -3.17. The minimum Gasteiger partial charge on any atom is -0.405 e. The minimum atomic E-state index is -4.68. The molecule has 0 aliphatic rings. The molecule has 0 saturated carbocycles. The van der Waals surface area contributed by atoms with E-state index >= 15 is 0 Å². The van der Waals surface area contributed by atoms with Crippen LogP contribution < -0.4 is 4.74 Å². The van der Waals surface area contributed by atoms with Crippen LogP contribution in [0.3, 0.4) is 0 Å². The zero-order valence-electron chi connectivity index (χ0n) is 9.30. The zero-order chi connectivity index (χ0) is 12.6. The fourth-order valence-electron chi connectivity index (χ4n) is 1.83. The van der Waals surface area contributed by atoms with E-state index in [9.17, 15) is 13.2 Å². The van der Waals surface area contributed by atoms with E-state index < -0.39 is 6.36 Å². The van der Waals surface area contributed by atoms with E-state index in [1.807, 2.05) is 13.8 Å². The van der Waals surface area contributed by atoms with E-state index in [4.69, 9.17) is 0 Å². The molecule has 92 valence electrons. The van der Waals surface area contributed by atoms with Crippen molar-refractivity contribution in [2.45, 2.75) is 26.1 Å². The summed E-state index contributed by atoms with van der Waals surface area (Å²) in [5.74, 6) is -0.255. The third-order valence-corrected chi connectivity index (χ3v) is 2.43. The maximum Gasteiger partial charge on any atom is 0.573 e. The molecular weight excluding hydrogens is 233 g/mol. The number of nitrogens with zero attached hydrogens (tertiary/aromatic N) is 1. The first-order valence-corrected chi connectivity index (χ1v) is 5.10. The summed E-state index contributed by atoms with van der Waals surface area (Å²) in [5, 5.41) is 7.19. The van der Waals surface area contributed by atoms with Crippen molar-refractivity contribution < 1.29 is 17.9 Å². The summed E-state index contributed by atoms with van der Waals surface area (Å²) in [5.41, 5.74) is 1.21. The van der Waals surface area contributed by atoms with Crippen LogP contribution >= 0.6 is 0 Å². The quantitative estimate of drug-likeness (QED) is 0.876. The third kappa shape index (κ3) is 2.35. The van der Waals surface area contributed by atoms with Crippen molar-refractivity contribution in [1.82, 2.24) is 10.2 Å². The number of aromatic nitrogens is 2. The molecule has 0 saturated heterocycles. The van der Waals surface area contributed by atoms with Gasteiger partial charge in [-0.25, -0.2) is 0 Å². The molecule has 0 aliphatic heterocycles. The van der Waals surface area contributed by atoms with Crippen LogP contribution in [0, 0.1) is 0 Å². The van der Waals surface area contributed by atoms with Gasteiger partial charge >= 0.3 is 6.36 Å². The number of fused-ring (bicyclic) bond motifs is 1. The molecule has 0 atom stereocenters. The molecule has 0 aliphatic carbocycles. The van der Waals surface area contributed by atoms with Gasteiger partial charge in [0.25, 0.3) is 0 Å². The molecule has 1 aromatic carbocycles. The van der Waals surface area contributed by atoms with Gasteiger partial charge in [-0.3, -0.25) is 5.10 Å². The van der Waals surface area contributed by atoms with Crippen LogP contribution in [0.15, 0.2) is 18.3 Å². The van der Waals surface area contributed by atoms with E-state index in [0.29, 0.717) is 16.5 Å². The summed E-state index contributed by atoms with van der Waals surface area (Å²) in [4.78, 5) is 0. The predicted molar refractivity (Wildman–Crippen MR) is 56.9 cm³/mol. The van der Waals surface area contributed by atoms with Gasteiger partial charge in [-0.05, 0) is 18.1 Å².